The molecule has 2 rings (SSSR count). The Balaban J connectivity index is 1.94. The molecule has 110 valence electrons. The van der Waals surface area contributed by atoms with Crippen LogP contribution in [0.1, 0.15) is 37.0 Å². The highest BCUT2D eigenvalue weighted by molar-refractivity contribution is 6.31. The molecule has 0 radical (unpaired) electrons. The van der Waals surface area contributed by atoms with Crippen LogP contribution in [0.15, 0.2) is 18.2 Å². The maximum atomic E-state index is 12.2. The van der Waals surface area contributed by atoms with Gasteiger partial charge in [-0.3, -0.25) is 4.79 Å². The molecule has 0 saturated carbocycles. The van der Waals surface area contributed by atoms with Gasteiger partial charge in [0.1, 0.15) is 5.75 Å². The summed E-state index contributed by atoms with van der Waals surface area (Å²) in [7, 11) is 0. The van der Waals surface area contributed by atoms with Gasteiger partial charge in [-0.1, -0.05) is 11.6 Å². The van der Waals surface area contributed by atoms with Crippen LogP contribution in [-0.4, -0.2) is 41.1 Å². The van der Waals surface area contributed by atoms with Crippen LogP contribution in [0, 0.1) is 0 Å². The van der Waals surface area contributed by atoms with E-state index in [2.05, 4.69) is 24.1 Å². The second-order valence-electron chi connectivity index (χ2n) is 5.54. The second kappa shape index (κ2) is 6.46. The van der Waals surface area contributed by atoms with E-state index < -0.39 is 0 Å². The normalized spacial score (nSPS) is 17.4. The summed E-state index contributed by atoms with van der Waals surface area (Å²) in [5.74, 6) is -0.292. The lowest BCUT2D eigenvalue weighted by Gasteiger charge is -2.34. The summed E-state index contributed by atoms with van der Waals surface area (Å²) in [6, 6.07) is 5.21. The first-order chi connectivity index (χ1) is 9.47. The molecule has 5 heteroatoms. The minimum Gasteiger partial charge on any atom is -0.507 e. The Morgan fingerprint density at radius 1 is 1.40 bits per heavy atom. The SMILES string of the molecule is CC(C)N1CCC(NC(=O)c2cc(Cl)ccc2O)CC1. The monoisotopic (exact) mass is 296 g/mol. The van der Waals surface area contributed by atoms with Crippen LogP contribution < -0.4 is 5.32 Å². The molecule has 1 aliphatic rings. The zero-order valence-electron chi connectivity index (χ0n) is 11.9. The van der Waals surface area contributed by atoms with Crippen LogP contribution in [0.5, 0.6) is 5.75 Å². The molecule has 2 N–H and O–H groups in total. The third kappa shape index (κ3) is 3.64. The molecule has 1 heterocycles. The number of benzene rings is 1. The molecular weight excluding hydrogens is 276 g/mol. The van der Waals surface area contributed by atoms with Crippen molar-refractivity contribution < 1.29 is 9.90 Å². The third-order valence-corrected chi connectivity index (χ3v) is 4.03. The number of halogens is 1. The molecule has 0 aromatic heterocycles. The van der Waals surface area contributed by atoms with Crippen molar-refractivity contribution in [2.24, 2.45) is 0 Å². The number of aromatic hydroxyl groups is 1. The van der Waals surface area contributed by atoms with Gasteiger partial charge in [-0.15, -0.1) is 0 Å². The molecule has 0 unspecified atom stereocenters. The number of amides is 1. The lowest BCUT2D eigenvalue weighted by molar-refractivity contribution is 0.0898. The van der Waals surface area contributed by atoms with Crippen LogP contribution in [0.25, 0.3) is 0 Å². The maximum absolute atomic E-state index is 12.2. The highest BCUT2D eigenvalue weighted by Gasteiger charge is 2.23. The Labute approximate surface area is 124 Å². The molecular formula is C15H21ClN2O2. The molecule has 1 saturated heterocycles. The van der Waals surface area contributed by atoms with E-state index in [1.807, 2.05) is 0 Å². The van der Waals surface area contributed by atoms with Crippen LogP contribution in [0.3, 0.4) is 0 Å². The fourth-order valence-corrected chi connectivity index (χ4v) is 2.69. The molecule has 1 fully saturated rings. The van der Waals surface area contributed by atoms with E-state index >= 15 is 0 Å². The number of carbonyl (C=O) groups excluding carboxylic acids is 1. The molecule has 0 bridgehead atoms. The van der Waals surface area contributed by atoms with Crippen molar-refractivity contribution in [3.8, 4) is 5.75 Å². The number of phenols is 1. The average Bonchev–Trinajstić information content (AvgIpc) is 2.42. The molecule has 0 spiro atoms. The number of hydrogen-bond donors (Lipinski definition) is 2. The van der Waals surface area contributed by atoms with E-state index in [1.165, 1.54) is 12.1 Å². The smallest absolute Gasteiger partial charge is 0.255 e. The Morgan fingerprint density at radius 3 is 2.65 bits per heavy atom. The van der Waals surface area contributed by atoms with Crippen LogP contribution in [0.4, 0.5) is 0 Å². The Kier molecular flexibility index (Phi) is 4.89. The number of piperidine rings is 1. The van der Waals surface area contributed by atoms with Gasteiger partial charge in [0.15, 0.2) is 0 Å². The zero-order valence-corrected chi connectivity index (χ0v) is 12.7. The number of likely N-dealkylation sites (tertiary alicyclic amines) is 1. The van der Waals surface area contributed by atoms with Crippen molar-refractivity contribution in [3.05, 3.63) is 28.8 Å². The van der Waals surface area contributed by atoms with Crippen molar-refractivity contribution in [2.75, 3.05) is 13.1 Å². The fourth-order valence-electron chi connectivity index (χ4n) is 2.51. The van der Waals surface area contributed by atoms with Gasteiger partial charge in [-0.25, -0.2) is 0 Å². The summed E-state index contributed by atoms with van der Waals surface area (Å²) >= 11 is 5.86. The maximum Gasteiger partial charge on any atom is 0.255 e. The quantitative estimate of drug-likeness (QED) is 0.901. The van der Waals surface area contributed by atoms with E-state index in [0.29, 0.717) is 11.1 Å². The highest BCUT2D eigenvalue weighted by atomic mass is 35.5. The number of rotatable bonds is 3. The number of nitrogens with one attached hydrogen (secondary N) is 1. The van der Waals surface area contributed by atoms with E-state index in [-0.39, 0.29) is 23.3 Å². The molecule has 1 aromatic carbocycles. The van der Waals surface area contributed by atoms with Crippen molar-refractivity contribution in [1.82, 2.24) is 10.2 Å². The van der Waals surface area contributed by atoms with Gasteiger partial charge in [0.2, 0.25) is 0 Å². The minimum atomic E-state index is -0.256. The minimum absolute atomic E-state index is 0.0356. The van der Waals surface area contributed by atoms with Gasteiger partial charge in [0, 0.05) is 30.2 Å². The van der Waals surface area contributed by atoms with Crippen molar-refractivity contribution in [1.29, 1.82) is 0 Å². The van der Waals surface area contributed by atoms with Crippen molar-refractivity contribution in [3.63, 3.8) is 0 Å². The molecule has 0 atom stereocenters. The standard InChI is InChI=1S/C15H21ClN2O2/c1-10(2)18-7-5-12(6-8-18)17-15(20)13-9-11(16)3-4-14(13)19/h3-4,9-10,12,19H,5-8H2,1-2H3,(H,17,20). The molecule has 1 aromatic rings. The van der Waals surface area contributed by atoms with E-state index in [0.717, 1.165) is 25.9 Å². The van der Waals surface area contributed by atoms with Gasteiger partial charge in [-0.2, -0.15) is 0 Å². The topological polar surface area (TPSA) is 52.6 Å². The molecule has 0 aliphatic carbocycles. The van der Waals surface area contributed by atoms with E-state index in [9.17, 15) is 9.90 Å². The summed E-state index contributed by atoms with van der Waals surface area (Å²) in [6.45, 7) is 6.35. The highest BCUT2D eigenvalue weighted by Crippen LogP contribution is 2.22. The lowest BCUT2D eigenvalue weighted by atomic mass is 10.0. The molecule has 1 amide bonds. The largest absolute Gasteiger partial charge is 0.507 e. The lowest BCUT2D eigenvalue weighted by Crippen LogP contribution is -2.46. The van der Waals surface area contributed by atoms with Gasteiger partial charge in [0.05, 0.1) is 5.56 Å². The Bertz CT molecular complexity index is 483. The number of carbonyl (C=O) groups is 1. The van der Waals surface area contributed by atoms with Gasteiger partial charge < -0.3 is 15.3 Å². The van der Waals surface area contributed by atoms with Gasteiger partial charge in [-0.05, 0) is 44.9 Å². The summed E-state index contributed by atoms with van der Waals surface area (Å²) in [4.78, 5) is 14.6. The van der Waals surface area contributed by atoms with Crippen molar-refractivity contribution >= 4 is 17.5 Å². The van der Waals surface area contributed by atoms with E-state index in [1.54, 1.807) is 6.07 Å². The number of hydrogen-bond acceptors (Lipinski definition) is 3. The fraction of sp³-hybridized carbons (Fsp3) is 0.533. The predicted octanol–water partition coefficient (Wildman–Crippen LogP) is 2.65. The first-order valence-corrected chi connectivity index (χ1v) is 7.38. The molecule has 1 aliphatic heterocycles. The van der Waals surface area contributed by atoms with Gasteiger partial charge >= 0.3 is 0 Å². The molecule has 20 heavy (non-hydrogen) atoms. The first kappa shape index (κ1) is 15.1. The molecule has 4 nitrogen and oxygen atoms in total. The Morgan fingerprint density at radius 2 is 2.05 bits per heavy atom. The average molecular weight is 297 g/mol. The number of phenolic OH excluding ortho intramolecular Hbond substituents is 1. The summed E-state index contributed by atoms with van der Waals surface area (Å²) in [5, 5.41) is 13.1. The predicted molar refractivity (Wildman–Crippen MR) is 80.3 cm³/mol. The Hall–Kier alpha value is -1.26. The summed E-state index contributed by atoms with van der Waals surface area (Å²) in [6.07, 6.45) is 1.87. The van der Waals surface area contributed by atoms with Crippen LogP contribution in [-0.2, 0) is 0 Å². The van der Waals surface area contributed by atoms with E-state index in [4.69, 9.17) is 11.6 Å². The summed E-state index contributed by atoms with van der Waals surface area (Å²) < 4.78 is 0. The van der Waals surface area contributed by atoms with Crippen LogP contribution in [0.2, 0.25) is 5.02 Å². The first-order valence-electron chi connectivity index (χ1n) is 7.01. The summed E-state index contributed by atoms with van der Waals surface area (Å²) in [5.41, 5.74) is 0.240. The van der Waals surface area contributed by atoms with Gasteiger partial charge in [0.25, 0.3) is 5.91 Å². The third-order valence-electron chi connectivity index (χ3n) is 3.80. The zero-order chi connectivity index (χ0) is 14.7. The second-order valence-corrected chi connectivity index (χ2v) is 5.98. The van der Waals surface area contributed by atoms with Crippen molar-refractivity contribution in [2.45, 2.75) is 38.8 Å². The van der Waals surface area contributed by atoms with Crippen LogP contribution >= 0.6 is 11.6 Å². The number of nitrogens with zero attached hydrogens (tertiary/aromatic N) is 1.